The zero-order valence-corrected chi connectivity index (χ0v) is 12.8. The zero-order valence-electron chi connectivity index (χ0n) is 12.8. The predicted molar refractivity (Wildman–Crippen MR) is 83.2 cm³/mol. The molecule has 0 saturated carbocycles. The summed E-state index contributed by atoms with van der Waals surface area (Å²) in [7, 11) is 0. The summed E-state index contributed by atoms with van der Waals surface area (Å²) in [6, 6.07) is 8.25. The van der Waals surface area contributed by atoms with E-state index in [0.29, 0.717) is 6.54 Å². The van der Waals surface area contributed by atoms with E-state index >= 15 is 0 Å². The van der Waals surface area contributed by atoms with Crippen molar-refractivity contribution in [3.8, 4) is 0 Å². The van der Waals surface area contributed by atoms with Gasteiger partial charge in [0.1, 0.15) is 18.7 Å². The van der Waals surface area contributed by atoms with Gasteiger partial charge in [-0.2, -0.15) is 5.10 Å². The molecule has 0 unspecified atom stereocenters. The second-order valence-corrected chi connectivity index (χ2v) is 5.64. The number of fused-ring (bicyclic) bond motifs is 1. The summed E-state index contributed by atoms with van der Waals surface area (Å²) in [6.07, 6.45) is 4.08. The quantitative estimate of drug-likeness (QED) is 0.895. The Morgan fingerprint density at radius 2 is 2.18 bits per heavy atom. The summed E-state index contributed by atoms with van der Waals surface area (Å²) in [5.41, 5.74) is 2.85. The molecule has 6 heteroatoms. The normalized spacial score (nSPS) is 16.0. The van der Waals surface area contributed by atoms with Crippen LogP contribution >= 0.6 is 0 Å². The number of hydrogen-bond acceptors (Lipinski definition) is 4. The van der Waals surface area contributed by atoms with Crippen molar-refractivity contribution in [1.29, 1.82) is 0 Å². The lowest BCUT2D eigenvalue weighted by Gasteiger charge is -2.28. The van der Waals surface area contributed by atoms with Crippen molar-refractivity contribution in [3.63, 3.8) is 0 Å². The van der Waals surface area contributed by atoms with Gasteiger partial charge in [-0.3, -0.25) is 9.69 Å². The molecule has 22 heavy (non-hydrogen) atoms. The molecule has 2 heterocycles. The number of carbonyl (C=O) groups is 1. The number of nitrogens with zero attached hydrogens (tertiary/aromatic N) is 4. The summed E-state index contributed by atoms with van der Waals surface area (Å²) >= 11 is 0. The van der Waals surface area contributed by atoms with Gasteiger partial charge in [0.2, 0.25) is 5.91 Å². The van der Waals surface area contributed by atoms with E-state index in [-0.39, 0.29) is 11.9 Å². The number of aromatic nitrogens is 3. The number of hydrogen-bond donors (Lipinski definition) is 1. The largest absolute Gasteiger partial charge is 0.353 e. The summed E-state index contributed by atoms with van der Waals surface area (Å²) in [5, 5.41) is 6.97. The summed E-state index contributed by atoms with van der Waals surface area (Å²) in [4.78, 5) is 18.3. The standard InChI is InChI=1S/C16H21N5O/c1-13(21-12-17-11-19-21)16(22)18-7-9-20-8-6-14-4-2-3-5-15(14)10-20/h2-5,11-13H,6-10H2,1H3,(H,18,22)/t13-/m0/s1. The number of rotatable bonds is 5. The zero-order chi connectivity index (χ0) is 15.4. The molecule has 1 aromatic heterocycles. The van der Waals surface area contributed by atoms with E-state index in [4.69, 9.17) is 0 Å². The Kier molecular flexibility index (Phi) is 4.48. The van der Waals surface area contributed by atoms with Crippen molar-refractivity contribution in [2.24, 2.45) is 0 Å². The van der Waals surface area contributed by atoms with Crippen LogP contribution in [0.3, 0.4) is 0 Å². The van der Waals surface area contributed by atoms with Crippen molar-refractivity contribution in [2.45, 2.75) is 25.9 Å². The van der Waals surface area contributed by atoms with Gasteiger partial charge < -0.3 is 5.32 Å². The fraction of sp³-hybridized carbons (Fsp3) is 0.438. The highest BCUT2D eigenvalue weighted by Crippen LogP contribution is 2.17. The van der Waals surface area contributed by atoms with E-state index in [1.165, 1.54) is 17.5 Å². The Labute approximate surface area is 130 Å². The third kappa shape index (κ3) is 3.33. The lowest BCUT2D eigenvalue weighted by Crippen LogP contribution is -2.39. The van der Waals surface area contributed by atoms with Crippen molar-refractivity contribution in [3.05, 3.63) is 48.0 Å². The molecule has 1 aliphatic heterocycles. The van der Waals surface area contributed by atoms with E-state index in [9.17, 15) is 4.79 Å². The van der Waals surface area contributed by atoms with Gasteiger partial charge in [-0.15, -0.1) is 0 Å². The van der Waals surface area contributed by atoms with Crippen molar-refractivity contribution in [1.82, 2.24) is 25.0 Å². The van der Waals surface area contributed by atoms with Gasteiger partial charge in [0, 0.05) is 26.2 Å². The first kappa shape index (κ1) is 14.7. The Hall–Kier alpha value is -2.21. The third-order valence-corrected chi connectivity index (χ3v) is 4.15. The number of nitrogens with one attached hydrogen (secondary N) is 1. The molecule has 1 amide bonds. The molecule has 0 radical (unpaired) electrons. The average Bonchev–Trinajstić information content (AvgIpc) is 3.08. The topological polar surface area (TPSA) is 63.1 Å². The van der Waals surface area contributed by atoms with E-state index in [0.717, 1.165) is 26.1 Å². The van der Waals surface area contributed by atoms with E-state index < -0.39 is 0 Å². The van der Waals surface area contributed by atoms with Gasteiger partial charge in [0.25, 0.3) is 0 Å². The number of benzene rings is 1. The second kappa shape index (κ2) is 6.70. The van der Waals surface area contributed by atoms with Crippen LogP contribution in [0.1, 0.15) is 24.1 Å². The third-order valence-electron chi connectivity index (χ3n) is 4.15. The molecule has 1 atom stereocenters. The lowest BCUT2D eigenvalue weighted by molar-refractivity contribution is -0.124. The van der Waals surface area contributed by atoms with Crippen LogP contribution in [0, 0.1) is 0 Å². The molecule has 3 rings (SSSR count). The second-order valence-electron chi connectivity index (χ2n) is 5.64. The van der Waals surface area contributed by atoms with E-state index in [1.807, 2.05) is 6.92 Å². The van der Waals surface area contributed by atoms with Gasteiger partial charge in [-0.05, 0) is 24.5 Å². The van der Waals surface area contributed by atoms with Crippen molar-refractivity contribution < 1.29 is 4.79 Å². The molecule has 0 saturated heterocycles. The van der Waals surface area contributed by atoms with Crippen LogP contribution in [0.5, 0.6) is 0 Å². The number of carbonyl (C=O) groups excluding carboxylic acids is 1. The van der Waals surface area contributed by atoms with Gasteiger partial charge in [-0.25, -0.2) is 9.67 Å². The fourth-order valence-corrected chi connectivity index (χ4v) is 2.77. The van der Waals surface area contributed by atoms with E-state index in [1.54, 1.807) is 11.0 Å². The SMILES string of the molecule is C[C@@H](C(=O)NCCN1CCc2ccccc2C1)n1cncn1. The minimum Gasteiger partial charge on any atom is -0.353 e. The average molecular weight is 299 g/mol. The Bertz CT molecular complexity index is 625. The fourth-order valence-electron chi connectivity index (χ4n) is 2.77. The van der Waals surface area contributed by atoms with Gasteiger partial charge in [0.05, 0.1) is 0 Å². The molecule has 1 aromatic carbocycles. The summed E-state index contributed by atoms with van der Waals surface area (Å²) < 4.78 is 1.56. The van der Waals surface area contributed by atoms with Gasteiger partial charge in [0.15, 0.2) is 0 Å². The van der Waals surface area contributed by atoms with Gasteiger partial charge >= 0.3 is 0 Å². The molecule has 116 valence electrons. The first-order valence-electron chi connectivity index (χ1n) is 7.65. The molecule has 6 nitrogen and oxygen atoms in total. The predicted octanol–water partition coefficient (Wildman–Crippen LogP) is 1.01. The highest BCUT2D eigenvalue weighted by atomic mass is 16.2. The monoisotopic (exact) mass is 299 g/mol. The molecule has 0 aliphatic carbocycles. The van der Waals surface area contributed by atoms with Crippen LogP contribution in [-0.4, -0.2) is 45.2 Å². The molecule has 1 N–H and O–H groups in total. The number of amides is 1. The highest BCUT2D eigenvalue weighted by Gasteiger charge is 2.17. The van der Waals surface area contributed by atoms with Crippen LogP contribution in [-0.2, 0) is 17.8 Å². The maximum Gasteiger partial charge on any atom is 0.244 e. The molecular weight excluding hydrogens is 278 g/mol. The van der Waals surface area contributed by atoms with Crippen LogP contribution in [0.2, 0.25) is 0 Å². The minimum absolute atomic E-state index is 0.0251. The minimum atomic E-state index is -0.329. The van der Waals surface area contributed by atoms with Crippen LogP contribution in [0.4, 0.5) is 0 Å². The first-order chi connectivity index (χ1) is 10.7. The molecule has 0 fully saturated rings. The maximum atomic E-state index is 12.1. The Morgan fingerprint density at radius 3 is 2.95 bits per heavy atom. The van der Waals surface area contributed by atoms with Crippen molar-refractivity contribution in [2.75, 3.05) is 19.6 Å². The molecule has 1 aliphatic rings. The summed E-state index contributed by atoms with van der Waals surface area (Å²) in [5.74, 6) is -0.0251. The Morgan fingerprint density at radius 1 is 1.36 bits per heavy atom. The molecule has 0 bridgehead atoms. The molecule has 0 spiro atoms. The van der Waals surface area contributed by atoms with Crippen LogP contribution in [0.15, 0.2) is 36.9 Å². The Balaban J connectivity index is 1.45. The molecule has 2 aromatic rings. The smallest absolute Gasteiger partial charge is 0.244 e. The highest BCUT2D eigenvalue weighted by molar-refractivity contribution is 5.79. The summed E-state index contributed by atoms with van der Waals surface area (Å²) in [6.45, 7) is 5.35. The van der Waals surface area contributed by atoms with Crippen LogP contribution in [0.25, 0.3) is 0 Å². The van der Waals surface area contributed by atoms with Gasteiger partial charge in [-0.1, -0.05) is 24.3 Å². The maximum absolute atomic E-state index is 12.1. The lowest BCUT2D eigenvalue weighted by atomic mass is 10.00. The molecular formula is C16H21N5O. The van der Waals surface area contributed by atoms with E-state index in [2.05, 4.69) is 44.6 Å². The first-order valence-corrected chi connectivity index (χ1v) is 7.65. The van der Waals surface area contributed by atoms with Crippen LogP contribution < -0.4 is 5.32 Å². The van der Waals surface area contributed by atoms with Crippen molar-refractivity contribution >= 4 is 5.91 Å².